The van der Waals surface area contributed by atoms with Crippen LogP contribution in [0.5, 0.6) is 0 Å². The van der Waals surface area contributed by atoms with Crippen LogP contribution in [0.15, 0.2) is 70.2 Å². The maximum atomic E-state index is 12.1. The van der Waals surface area contributed by atoms with Gasteiger partial charge in [-0.1, -0.05) is 24.3 Å². The Morgan fingerprint density at radius 3 is 2.54 bits per heavy atom. The number of rotatable bonds is 4. The number of anilines is 1. The third kappa shape index (κ3) is 2.77. The fraction of sp³-hybridized carbons (Fsp3) is 0.0500. The van der Waals surface area contributed by atoms with E-state index in [1.165, 1.54) is 7.05 Å². The molecule has 2 amide bonds. The largest absolute Gasteiger partial charge is 0.455 e. The highest BCUT2D eigenvalue weighted by atomic mass is 16.3. The second-order valence-corrected chi connectivity index (χ2v) is 5.87. The Morgan fingerprint density at radius 1 is 0.962 bits per heavy atom. The Hall–Kier alpha value is -3.67. The van der Waals surface area contributed by atoms with Crippen LogP contribution in [0.1, 0.15) is 26.5 Å². The molecule has 1 aromatic heterocycles. The van der Waals surface area contributed by atoms with Crippen molar-refractivity contribution >= 4 is 23.7 Å². The van der Waals surface area contributed by atoms with Gasteiger partial charge in [-0.2, -0.15) is 5.10 Å². The molecule has 4 rings (SSSR count). The average molecular weight is 345 g/mol. The predicted molar refractivity (Wildman–Crippen MR) is 98.2 cm³/mol. The summed E-state index contributed by atoms with van der Waals surface area (Å²) >= 11 is 0. The number of hydrogen-bond donors (Lipinski definition) is 1. The maximum Gasteiger partial charge on any atom is 0.261 e. The molecule has 0 aliphatic carbocycles. The Labute approximate surface area is 149 Å². The topological polar surface area (TPSA) is 74.9 Å². The molecule has 0 bridgehead atoms. The van der Waals surface area contributed by atoms with Crippen LogP contribution in [-0.4, -0.2) is 30.0 Å². The summed E-state index contributed by atoms with van der Waals surface area (Å²) in [5.41, 5.74) is 5.34. The molecule has 0 spiro atoms. The van der Waals surface area contributed by atoms with E-state index in [9.17, 15) is 9.59 Å². The van der Waals surface area contributed by atoms with Crippen LogP contribution in [0.25, 0.3) is 11.3 Å². The Morgan fingerprint density at radius 2 is 1.73 bits per heavy atom. The first-order chi connectivity index (χ1) is 12.6. The first kappa shape index (κ1) is 15.8. The van der Waals surface area contributed by atoms with E-state index in [1.807, 2.05) is 30.3 Å². The van der Waals surface area contributed by atoms with E-state index >= 15 is 0 Å². The second-order valence-electron chi connectivity index (χ2n) is 5.87. The third-order valence-electron chi connectivity index (χ3n) is 4.16. The van der Waals surface area contributed by atoms with E-state index in [2.05, 4.69) is 10.5 Å². The minimum atomic E-state index is -0.299. The summed E-state index contributed by atoms with van der Waals surface area (Å²) in [6, 6.07) is 18.3. The molecule has 1 aliphatic rings. The lowest BCUT2D eigenvalue weighted by Gasteiger charge is -2.02. The molecule has 6 nitrogen and oxygen atoms in total. The highest BCUT2D eigenvalue weighted by Crippen LogP contribution is 2.28. The number of carbonyl (C=O) groups is 2. The summed E-state index contributed by atoms with van der Waals surface area (Å²) in [5, 5.41) is 4.13. The van der Waals surface area contributed by atoms with Crippen LogP contribution in [0, 0.1) is 0 Å². The van der Waals surface area contributed by atoms with Crippen LogP contribution in [0.2, 0.25) is 0 Å². The molecule has 0 unspecified atom stereocenters. The second kappa shape index (κ2) is 6.33. The van der Waals surface area contributed by atoms with Crippen molar-refractivity contribution in [2.45, 2.75) is 0 Å². The van der Waals surface area contributed by atoms with Crippen LogP contribution in [-0.2, 0) is 0 Å². The first-order valence-electron chi connectivity index (χ1n) is 8.04. The van der Waals surface area contributed by atoms with Gasteiger partial charge in [0, 0.05) is 12.6 Å². The van der Waals surface area contributed by atoms with Gasteiger partial charge in [-0.25, -0.2) is 0 Å². The predicted octanol–water partition coefficient (Wildman–Crippen LogP) is 3.62. The van der Waals surface area contributed by atoms with Gasteiger partial charge in [0.2, 0.25) is 0 Å². The van der Waals surface area contributed by atoms with Gasteiger partial charge in [-0.05, 0) is 36.4 Å². The number of carbonyl (C=O) groups excluding carboxylic acids is 2. The van der Waals surface area contributed by atoms with Gasteiger partial charge in [-0.15, -0.1) is 0 Å². The number of amides is 2. The summed E-state index contributed by atoms with van der Waals surface area (Å²) in [6.45, 7) is 0. The zero-order chi connectivity index (χ0) is 18.1. The minimum Gasteiger partial charge on any atom is -0.455 e. The maximum absolute atomic E-state index is 12.1. The summed E-state index contributed by atoms with van der Waals surface area (Å²) < 4.78 is 5.76. The molecule has 1 N–H and O–H groups in total. The number of furan rings is 1. The highest BCUT2D eigenvalue weighted by molar-refractivity contribution is 6.21. The molecule has 0 fully saturated rings. The van der Waals surface area contributed by atoms with Crippen molar-refractivity contribution in [3.63, 3.8) is 0 Å². The van der Waals surface area contributed by atoms with Gasteiger partial charge < -0.3 is 4.42 Å². The van der Waals surface area contributed by atoms with Crippen molar-refractivity contribution in [1.82, 2.24) is 4.90 Å². The van der Waals surface area contributed by atoms with Crippen LogP contribution >= 0.6 is 0 Å². The zero-order valence-corrected chi connectivity index (χ0v) is 14.0. The number of fused-ring (bicyclic) bond motifs is 1. The van der Waals surface area contributed by atoms with E-state index in [4.69, 9.17) is 4.42 Å². The molecule has 128 valence electrons. The van der Waals surface area contributed by atoms with Gasteiger partial charge in [-0.3, -0.25) is 19.9 Å². The molecule has 1 aliphatic heterocycles. The van der Waals surface area contributed by atoms with E-state index in [1.54, 1.807) is 36.5 Å². The van der Waals surface area contributed by atoms with E-state index in [0.29, 0.717) is 22.6 Å². The molecule has 0 radical (unpaired) electrons. The number of hydrazone groups is 1. The zero-order valence-electron chi connectivity index (χ0n) is 14.0. The minimum absolute atomic E-state index is 0.282. The van der Waals surface area contributed by atoms with Gasteiger partial charge in [0.1, 0.15) is 11.5 Å². The standard InChI is InChI=1S/C20H15N3O3/c1-23-19(24)16-9-7-13(11-17(16)20(23)25)18-10-8-15(26-18)12-21-22-14-5-3-2-4-6-14/h2-12,22H,1H3. The van der Waals surface area contributed by atoms with Gasteiger partial charge in [0.15, 0.2) is 0 Å². The molecule has 6 heteroatoms. The molecular weight excluding hydrogens is 330 g/mol. The van der Waals surface area contributed by atoms with Crippen LogP contribution in [0.4, 0.5) is 5.69 Å². The number of benzene rings is 2. The average Bonchev–Trinajstić information content (AvgIpc) is 3.22. The van der Waals surface area contributed by atoms with E-state index in [-0.39, 0.29) is 11.8 Å². The molecule has 2 aromatic carbocycles. The molecule has 0 saturated heterocycles. The van der Waals surface area contributed by atoms with Crippen molar-refractivity contribution in [2.75, 3.05) is 12.5 Å². The molecule has 2 heterocycles. The van der Waals surface area contributed by atoms with E-state index < -0.39 is 0 Å². The van der Waals surface area contributed by atoms with Crippen molar-refractivity contribution < 1.29 is 14.0 Å². The fourth-order valence-electron chi connectivity index (χ4n) is 2.78. The number of hydrogen-bond acceptors (Lipinski definition) is 5. The summed E-state index contributed by atoms with van der Waals surface area (Å²) in [4.78, 5) is 25.2. The molecule has 0 saturated carbocycles. The van der Waals surface area contributed by atoms with Gasteiger partial charge >= 0.3 is 0 Å². The Balaban J connectivity index is 1.54. The molecular formula is C20H15N3O3. The van der Waals surface area contributed by atoms with Gasteiger partial charge in [0.25, 0.3) is 11.8 Å². The van der Waals surface area contributed by atoms with E-state index in [0.717, 1.165) is 16.2 Å². The first-order valence-corrected chi connectivity index (χ1v) is 8.04. The van der Waals surface area contributed by atoms with Gasteiger partial charge in [0.05, 0.1) is 23.0 Å². The lowest BCUT2D eigenvalue weighted by Crippen LogP contribution is -2.24. The fourth-order valence-corrected chi connectivity index (χ4v) is 2.78. The lowest BCUT2D eigenvalue weighted by molar-refractivity contribution is 0.0693. The number of nitrogens with zero attached hydrogens (tertiary/aromatic N) is 2. The van der Waals surface area contributed by atoms with Crippen molar-refractivity contribution in [3.05, 3.63) is 77.6 Å². The van der Waals surface area contributed by atoms with Crippen LogP contribution in [0.3, 0.4) is 0 Å². The Bertz CT molecular complexity index is 1020. The molecule has 3 aromatic rings. The Kier molecular flexibility index (Phi) is 3.85. The molecule has 26 heavy (non-hydrogen) atoms. The summed E-state index contributed by atoms with van der Waals surface area (Å²) in [6.07, 6.45) is 1.58. The molecule has 0 atom stereocenters. The van der Waals surface area contributed by atoms with Crippen LogP contribution < -0.4 is 5.43 Å². The monoisotopic (exact) mass is 345 g/mol. The highest BCUT2D eigenvalue weighted by Gasteiger charge is 2.32. The lowest BCUT2D eigenvalue weighted by atomic mass is 10.0. The van der Waals surface area contributed by atoms with Crippen molar-refractivity contribution in [1.29, 1.82) is 0 Å². The normalized spacial score (nSPS) is 13.5. The van der Waals surface area contributed by atoms with Crippen molar-refractivity contribution in [2.24, 2.45) is 5.10 Å². The summed E-state index contributed by atoms with van der Waals surface area (Å²) in [5.74, 6) is 0.593. The summed E-state index contributed by atoms with van der Waals surface area (Å²) in [7, 11) is 1.48. The SMILES string of the molecule is CN1C(=O)c2ccc(-c3ccc(C=NNc4ccccc4)o3)cc2C1=O. The number of nitrogens with one attached hydrogen (secondary N) is 1. The quantitative estimate of drug-likeness (QED) is 0.445. The third-order valence-corrected chi connectivity index (χ3v) is 4.16. The smallest absolute Gasteiger partial charge is 0.261 e. The number of imide groups is 1. The van der Waals surface area contributed by atoms with Crippen molar-refractivity contribution in [3.8, 4) is 11.3 Å². The number of para-hydroxylation sites is 1.